The standard InChI is InChI=1S/C23H27FN4O6S/c1-14(2)27-11-15(12-27)22(29)25-10-18-13-28(35(32,33)19-6-3-16(24)4-7-19)20-9-17(26-23(30)31)5-8-21(20)34-18/h3-9,14-15,18,26H,10-13H2,1-2H3,(H,25,29)(H,30,31). The van der Waals surface area contributed by atoms with Crippen molar-refractivity contribution in [2.45, 2.75) is 30.9 Å². The van der Waals surface area contributed by atoms with E-state index in [9.17, 15) is 22.4 Å². The highest BCUT2D eigenvalue weighted by Crippen LogP contribution is 2.39. The van der Waals surface area contributed by atoms with Gasteiger partial charge in [-0.25, -0.2) is 17.6 Å². The molecule has 12 heteroatoms. The van der Waals surface area contributed by atoms with Crippen molar-refractivity contribution in [1.29, 1.82) is 0 Å². The molecule has 0 saturated carbocycles. The molecular formula is C23H27FN4O6S. The number of hydrogen-bond donors (Lipinski definition) is 3. The zero-order valence-corrected chi connectivity index (χ0v) is 20.1. The number of carboxylic acid groups (broad SMARTS) is 1. The second kappa shape index (κ2) is 9.70. The summed E-state index contributed by atoms with van der Waals surface area (Å²) in [5.74, 6) is -0.610. The van der Waals surface area contributed by atoms with Gasteiger partial charge in [0.1, 0.15) is 17.7 Å². The van der Waals surface area contributed by atoms with E-state index in [0.29, 0.717) is 19.1 Å². The van der Waals surface area contributed by atoms with Crippen LogP contribution in [-0.2, 0) is 14.8 Å². The van der Waals surface area contributed by atoms with E-state index in [1.165, 1.54) is 18.2 Å². The van der Waals surface area contributed by atoms with Crippen molar-refractivity contribution >= 4 is 33.4 Å². The average Bonchev–Trinajstić information content (AvgIpc) is 2.75. The number of nitrogens with one attached hydrogen (secondary N) is 2. The Morgan fingerprint density at radius 3 is 2.46 bits per heavy atom. The number of nitrogens with zero attached hydrogens (tertiary/aromatic N) is 2. The molecule has 0 aliphatic carbocycles. The Morgan fingerprint density at radius 2 is 1.83 bits per heavy atom. The van der Waals surface area contributed by atoms with Crippen molar-refractivity contribution in [1.82, 2.24) is 10.2 Å². The lowest BCUT2D eigenvalue weighted by Crippen LogP contribution is -2.57. The summed E-state index contributed by atoms with van der Waals surface area (Å²) in [5.41, 5.74) is 0.292. The van der Waals surface area contributed by atoms with Crippen molar-refractivity contribution in [2.24, 2.45) is 5.92 Å². The van der Waals surface area contributed by atoms with Gasteiger partial charge in [0, 0.05) is 24.8 Å². The van der Waals surface area contributed by atoms with E-state index in [4.69, 9.17) is 9.84 Å². The summed E-state index contributed by atoms with van der Waals surface area (Å²) in [4.78, 5) is 25.6. The van der Waals surface area contributed by atoms with Crippen LogP contribution in [0.2, 0.25) is 0 Å². The molecule has 10 nitrogen and oxygen atoms in total. The molecule has 35 heavy (non-hydrogen) atoms. The molecule has 2 amide bonds. The lowest BCUT2D eigenvalue weighted by Gasteiger charge is -2.41. The van der Waals surface area contributed by atoms with Gasteiger partial charge in [-0.1, -0.05) is 0 Å². The van der Waals surface area contributed by atoms with Crippen LogP contribution >= 0.6 is 0 Å². The summed E-state index contributed by atoms with van der Waals surface area (Å²) in [6.45, 7) is 5.42. The molecule has 2 aromatic carbocycles. The second-order valence-electron chi connectivity index (χ2n) is 8.83. The Hall–Kier alpha value is -3.38. The molecule has 188 valence electrons. The summed E-state index contributed by atoms with van der Waals surface area (Å²) in [7, 11) is -4.14. The molecule has 2 aromatic rings. The van der Waals surface area contributed by atoms with Crippen LogP contribution in [0, 0.1) is 11.7 Å². The van der Waals surface area contributed by atoms with Gasteiger partial charge < -0.3 is 15.2 Å². The minimum Gasteiger partial charge on any atom is -0.484 e. The summed E-state index contributed by atoms with van der Waals surface area (Å²) >= 11 is 0. The molecule has 0 radical (unpaired) electrons. The Bertz CT molecular complexity index is 1220. The van der Waals surface area contributed by atoms with E-state index in [2.05, 4.69) is 29.4 Å². The first kappa shape index (κ1) is 24.7. The highest BCUT2D eigenvalue weighted by molar-refractivity contribution is 7.92. The molecule has 1 unspecified atom stereocenters. The maximum absolute atomic E-state index is 13.5. The SMILES string of the molecule is CC(C)N1CC(C(=O)NCC2CN(S(=O)(=O)c3ccc(F)cc3)c3cc(NC(=O)O)ccc3O2)C1. The molecular weight excluding hydrogens is 479 g/mol. The van der Waals surface area contributed by atoms with Gasteiger partial charge >= 0.3 is 6.09 Å². The quantitative estimate of drug-likeness (QED) is 0.526. The summed E-state index contributed by atoms with van der Waals surface area (Å²) in [5, 5.41) is 14.1. The number of rotatable bonds is 7. The van der Waals surface area contributed by atoms with Gasteiger partial charge in [-0.05, 0) is 56.3 Å². The third-order valence-electron chi connectivity index (χ3n) is 6.06. The number of carbonyl (C=O) groups is 2. The zero-order chi connectivity index (χ0) is 25.3. The third kappa shape index (κ3) is 5.33. The fraction of sp³-hybridized carbons (Fsp3) is 0.391. The number of sulfonamides is 1. The van der Waals surface area contributed by atoms with Crippen molar-refractivity contribution in [3.05, 3.63) is 48.3 Å². The molecule has 0 bridgehead atoms. The molecule has 1 saturated heterocycles. The fourth-order valence-corrected chi connectivity index (χ4v) is 5.54. The molecule has 1 fully saturated rings. The van der Waals surface area contributed by atoms with Crippen LogP contribution in [-0.4, -0.2) is 68.7 Å². The van der Waals surface area contributed by atoms with Crippen molar-refractivity contribution in [3.8, 4) is 5.75 Å². The minimum atomic E-state index is -4.14. The first-order chi connectivity index (χ1) is 16.5. The number of anilines is 2. The highest BCUT2D eigenvalue weighted by atomic mass is 32.2. The summed E-state index contributed by atoms with van der Waals surface area (Å²) < 4.78 is 47.4. The Morgan fingerprint density at radius 1 is 1.14 bits per heavy atom. The molecule has 2 aliphatic rings. The van der Waals surface area contributed by atoms with Crippen LogP contribution in [0.1, 0.15) is 13.8 Å². The monoisotopic (exact) mass is 506 g/mol. The number of likely N-dealkylation sites (tertiary alicyclic amines) is 1. The number of ether oxygens (including phenoxy) is 1. The van der Waals surface area contributed by atoms with Gasteiger partial charge in [0.05, 0.1) is 29.6 Å². The van der Waals surface area contributed by atoms with E-state index in [1.807, 2.05) is 0 Å². The van der Waals surface area contributed by atoms with Crippen molar-refractivity contribution < 1.29 is 32.2 Å². The van der Waals surface area contributed by atoms with Crippen LogP contribution in [0.4, 0.5) is 20.6 Å². The lowest BCUT2D eigenvalue weighted by molar-refractivity contribution is -0.131. The van der Waals surface area contributed by atoms with Crippen LogP contribution in [0.15, 0.2) is 47.4 Å². The smallest absolute Gasteiger partial charge is 0.409 e. The predicted octanol–water partition coefficient (Wildman–Crippen LogP) is 2.33. The van der Waals surface area contributed by atoms with E-state index in [-0.39, 0.29) is 46.9 Å². The van der Waals surface area contributed by atoms with Gasteiger partial charge in [0.2, 0.25) is 5.91 Å². The second-order valence-corrected chi connectivity index (χ2v) is 10.7. The third-order valence-corrected chi connectivity index (χ3v) is 7.85. The van der Waals surface area contributed by atoms with Gasteiger partial charge in [0.15, 0.2) is 0 Å². The molecule has 2 heterocycles. The first-order valence-corrected chi connectivity index (χ1v) is 12.6. The Balaban J connectivity index is 1.56. The number of benzene rings is 2. The highest BCUT2D eigenvalue weighted by Gasteiger charge is 2.37. The number of hydrogen-bond acceptors (Lipinski definition) is 6. The number of carbonyl (C=O) groups excluding carboxylic acids is 1. The van der Waals surface area contributed by atoms with Gasteiger partial charge in [-0.3, -0.25) is 19.3 Å². The van der Waals surface area contributed by atoms with Crippen molar-refractivity contribution in [3.63, 3.8) is 0 Å². The van der Waals surface area contributed by atoms with E-state index in [0.717, 1.165) is 28.6 Å². The van der Waals surface area contributed by atoms with Crippen LogP contribution < -0.4 is 19.7 Å². The number of fused-ring (bicyclic) bond motifs is 1. The molecule has 1 atom stereocenters. The van der Waals surface area contributed by atoms with E-state index >= 15 is 0 Å². The number of halogens is 1. The van der Waals surface area contributed by atoms with Crippen LogP contribution in [0.3, 0.4) is 0 Å². The fourth-order valence-electron chi connectivity index (χ4n) is 4.04. The molecule has 0 aromatic heterocycles. The van der Waals surface area contributed by atoms with Crippen LogP contribution in [0.25, 0.3) is 0 Å². The maximum atomic E-state index is 13.5. The lowest BCUT2D eigenvalue weighted by atomic mass is 9.97. The number of amides is 2. The predicted molar refractivity (Wildman–Crippen MR) is 127 cm³/mol. The molecule has 2 aliphatic heterocycles. The first-order valence-electron chi connectivity index (χ1n) is 11.2. The van der Waals surface area contributed by atoms with Gasteiger partial charge in [-0.15, -0.1) is 0 Å². The van der Waals surface area contributed by atoms with Crippen molar-refractivity contribution in [2.75, 3.05) is 35.8 Å². The normalized spacial score (nSPS) is 18.4. The zero-order valence-electron chi connectivity index (χ0n) is 19.3. The largest absolute Gasteiger partial charge is 0.484 e. The van der Waals surface area contributed by atoms with Crippen LogP contribution in [0.5, 0.6) is 5.75 Å². The maximum Gasteiger partial charge on any atom is 0.409 e. The van der Waals surface area contributed by atoms with Gasteiger partial charge in [-0.2, -0.15) is 0 Å². The topological polar surface area (TPSA) is 128 Å². The van der Waals surface area contributed by atoms with Gasteiger partial charge in [0.25, 0.3) is 10.0 Å². The average molecular weight is 507 g/mol. The summed E-state index contributed by atoms with van der Waals surface area (Å²) in [6, 6.07) is 9.05. The Kier molecular flexibility index (Phi) is 6.86. The van der Waals surface area contributed by atoms with E-state index < -0.39 is 28.0 Å². The summed E-state index contributed by atoms with van der Waals surface area (Å²) in [6.07, 6.45) is -2.00. The molecule has 0 spiro atoms. The molecule has 4 rings (SSSR count). The molecule has 3 N–H and O–H groups in total. The Labute approximate surface area is 202 Å². The minimum absolute atomic E-state index is 0.0843. The van der Waals surface area contributed by atoms with E-state index in [1.54, 1.807) is 0 Å².